The molecular weight excluding hydrogens is 369 g/mol. The van der Waals surface area contributed by atoms with E-state index in [1.807, 2.05) is 19.1 Å². The molecule has 0 unspecified atom stereocenters. The van der Waals surface area contributed by atoms with Crippen molar-refractivity contribution in [2.75, 3.05) is 24.3 Å². The average Bonchev–Trinajstić information content (AvgIpc) is 2.56. The maximum Gasteiger partial charge on any atom is 0.416 e. The Labute approximate surface area is 154 Å². The van der Waals surface area contributed by atoms with Crippen LogP contribution in [-0.4, -0.2) is 19.6 Å². The highest BCUT2D eigenvalue weighted by molar-refractivity contribution is 6.33. The minimum Gasteiger partial charge on any atom is -0.495 e. The SMILES string of the molecule is COc1ccc(C)cc1NCCC(=O)Nc1cc(C(F)(F)F)ccc1Cl. The minimum absolute atomic E-state index is 0.0414. The number of ether oxygens (including phenoxy) is 1. The van der Waals surface area contributed by atoms with Crippen molar-refractivity contribution in [2.24, 2.45) is 0 Å². The van der Waals surface area contributed by atoms with Crippen LogP contribution in [0.2, 0.25) is 5.02 Å². The fraction of sp³-hybridized carbons (Fsp3) is 0.278. The Morgan fingerprint density at radius 1 is 1.15 bits per heavy atom. The maximum atomic E-state index is 12.8. The van der Waals surface area contributed by atoms with Crippen LogP contribution in [-0.2, 0) is 11.0 Å². The van der Waals surface area contributed by atoms with Gasteiger partial charge < -0.3 is 15.4 Å². The molecule has 0 aliphatic heterocycles. The average molecular weight is 387 g/mol. The Kier molecular flexibility index (Phi) is 6.37. The summed E-state index contributed by atoms with van der Waals surface area (Å²) in [5.41, 5.74) is 0.811. The molecule has 0 aliphatic rings. The normalized spacial score (nSPS) is 11.2. The summed E-state index contributed by atoms with van der Waals surface area (Å²) < 4.78 is 43.5. The number of nitrogens with one attached hydrogen (secondary N) is 2. The monoisotopic (exact) mass is 386 g/mol. The van der Waals surface area contributed by atoms with Gasteiger partial charge in [-0.2, -0.15) is 13.2 Å². The van der Waals surface area contributed by atoms with Crippen LogP contribution in [0.4, 0.5) is 24.5 Å². The van der Waals surface area contributed by atoms with Crippen molar-refractivity contribution >= 4 is 28.9 Å². The van der Waals surface area contributed by atoms with Crippen LogP contribution < -0.4 is 15.4 Å². The second-order valence-electron chi connectivity index (χ2n) is 5.62. The number of rotatable bonds is 6. The molecule has 2 N–H and O–H groups in total. The number of carbonyl (C=O) groups is 1. The number of benzene rings is 2. The largest absolute Gasteiger partial charge is 0.495 e. The third-order valence-corrected chi connectivity index (χ3v) is 3.92. The second kappa shape index (κ2) is 8.31. The molecule has 4 nitrogen and oxygen atoms in total. The quantitative estimate of drug-likeness (QED) is 0.724. The summed E-state index contributed by atoms with van der Waals surface area (Å²) in [5.74, 6) is 0.183. The molecule has 2 rings (SSSR count). The zero-order valence-electron chi connectivity index (χ0n) is 14.2. The van der Waals surface area contributed by atoms with Crippen molar-refractivity contribution in [1.82, 2.24) is 0 Å². The number of anilines is 2. The van der Waals surface area contributed by atoms with Crippen molar-refractivity contribution in [3.05, 3.63) is 52.5 Å². The Hall–Kier alpha value is -2.41. The molecule has 26 heavy (non-hydrogen) atoms. The minimum atomic E-state index is -4.51. The van der Waals surface area contributed by atoms with E-state index < -0.39 is 17.6 Å². The first-order valence-electron chi connectivity index (χ1n) is 7.76. The van der Waals surface area contributed by atoms with Crippen molar-refractivity contribution in [2.45, 2.75) is 19.5 Å². The smallest absolute Gasteiger partial charge is 0.416 e. The third-order valence-electron chi connectivity index (χ3n) is 3.59. The zero-order chi connectivity index (χ0) is 19.3. The molecule has 0 heterocycles. The molecule has 0 saturated carbocycles. The summed E-state index contributed by atoms with van der Waals surface area (Å²) in [7, 11) is 1.54. The highest BCUT2D eigenvalue weighted by Gasteiger charge is 2.31. The van der Waals surface area contributed by atoms with E-state index in [4.69, 9.17) is 16.3 Å². The lowest BCUT2D eigenvalue weighted by molar-refractivity contribution is -0.137. The fourth-order valence-electron chi connectivity index (χ4n) is 2.28. The third kappa shape index (κ3) is 5.29. The number of halogens is 4. The molecule has 0 aliphatic carbocycles. The molecule has 0 saturated heterocycles. The summed E-state index contributed by atoms with van der Waals surface area (Å²) in [6.45, 7) is 2.20. The molecule has 2 aromatic carbocycles. The molecule has 2 aromatic rings. The number of carbonyl (C=O) groups excluding carboxylic acids is 1. The van der Waals surface area contributed by atoms with Gasteiger partial charge in [0.1, 0.15) is 5.75 Å². The maximum absolute atomic E-state index is 12.8. The number of aryl methyl sites for hydroxylation is 1. The highest BCUT2D eigenvalue weighted by atomic mass is 35.5. The predicted molar refractivity (Wildman–Crippen MR) is 95.9 cm³/mol. The molecule has 0 aromatic heterocycles. The predicted octanol–water partition coefficient (Wildman–Crippen LogP) is 5.12. The molecular formula is C18H18ClF3N2O2. The summed E-state index contributed by atoms with van der Waals surface area (Å²) >= 11 is 5.86. The van der Waals surface area contributed by atoms with Gasteiger partial charge in [-0.3, -0.25) is 4.79 Å². The van der Waals surface area contributed by atoms with Crippen LogP contribution >= 0.6 is 11.6 Å². The van der Waals surface area contributed by atoms with Gasteiger partial charge in [-0.05, 0) is 42.8 Å². The molecule has 0 atom stereocenters. The van der Waals surface area contributed by atoms with Crippen LogP contribution in [0.3, 0.4) is 0 Å². The van der Waals surface area contributed by atoms with E-state index in [-0.39, 0.29) is 23.7 Å². The number of hydrogen-bond acceptors (Lipinski definition) is 3. The lowest BCUT2D eigenvalue weighted by Gasteiger charge is -2.13. The van der Waals surface area contributed by atoms with E-state index >= 15 is 0 Å². The van der Waals surface area contributed by atoms with Crippen LogP contribution in [0.15, 0.2) is 36.4 Å². The van der Waals surface area contributed by atoms with Crippen molar-refractivity contribution in [3.63, 3.8) is 0 Å². The standard InChI is InChI=1S/C18H18ClF3N2O2/c1-11-3-6-16(26-2)15(9-11)23-8-7-17(25)24-14-10-12(18(20,21)22)4-5-13(14)19/h3-6,9-10,23H,7-8H2,1-2H3,(H,24,25). The first-order chi connectivity index (χ1) is 12.2. The van der Waals surface area contributed by atoms with Gasteiger partial charge in [0.2, 0.25) is 5.91 Å². The summed E-state index contributed by atoms with van der Waals surface area (Å²) in [4.78, 5) is 12.0. The lowest BCUT2D eigenvalue weighted by Crippen LogP contribution is -2.17. The van der Waals surface area contributed by atoms with Gasteiger partial charge in [0, 0.05) is 13.0 Å². The summed E-state index contributed by atoms with van der Waals surface area (Å²) in [5, 5.41) is 5.52. The van der Waals surface area contributed by atoms with Gasteiger partial charge in [0.05, 0.1) is 29.1 Å². The molecule has 8 heteroatoms. The Bertz CT molecular complexity index is 794. The summed E-state index contributed by atoms with van der Waals surface area (Å²) in [6, 6.07) is 8.36. The first-order valence-corrected chi connectivity index (χ1v) is 8.13. The van der Waals surface area contributed by atoms with Gasteiger partial charge in [-0.25, -0.2) is 0 Å². The van der Waals surface area contributed by atoms with Crippen molar-refractivity contribution < 1.29 is 22.7 Å². The molecule has 1 amide bonds. The molecule has 0 radical (unpaired) electrons. The Morgan fingerprint density at radius 3 is 2.54 bits per heavy atom. The fourth-order valence-corrected chi connectivity index (χ4v) is 2.45. The summed E-state index contributed by atoms with van der Waals surface area (Å²) in [6.07, 6.45) is -4.46. The van der Waals surface area contributed by atoms with E-state index in [1.165, 1.54) is 7.11 Å². The van der Waals surface area contributed by atoms with Crippen molar-refractivity contribution in [1.29, 1.82) is 0 Å². The molecule has 0 fully saturated rings. The van der Waals surface area contributed by atoms with Gasteiger partial charge >= 0.3 is 6.18 Å². The molecule has 0 bridgehead atoms. The number of amides is 1. The lowest BCUT2D eigenvalue weighted by atomic mass is 10.2. The van der Waals surface area contributed by atoms with Gasteiger partial charge in [-0.15, -0.1) is 0 Å². The van der Waals surface area contributed by atoms with E-state index in [9.17, 15) is 18.0 Å². The molecule has 140 valence electrons. The first kappa shape index (κ1) is 19.9. The zero-order valence-corrected chi connectivity index (χ0v) is 15.0. The van der Waals surface area contributed by atoms with Crippen LogP contribution in [0.25, 0.3) is 0 Å². The van der Waals surface area contributed by atoms with Gasteiger partial charge in [0.25, 0.3) is 0 Å². The van der Waals surface area contributed by atoms with E-state index in [1.54, 1.807) is 6.07 Å². The van der Waals surface area contributed by atoms with E-state index in [2.05, 4.69) is 10.6 Å². The van der Waals surface area contributed by atoms with Crippen LogP contribution in [0.1, 0.15) is 17.5 Å². The van der Waals surface area contributed by atoms with Crippen LogP contribution in [0, 0.1) is 6.92 Å². The van der Waals surface area contributed by atoms with Gasteiger partial charge in [-0.1, -0.05) is 17.7 Å². The van der Waals surface area contributed by atoms with E-state index in [0.29, 0.717) is 5.75 Å². The second-order valence-corrected chi connectivity index (χ2v) is 6.03. The van der Waals surface area contributed by atoms with Gasteiger partial charge in [0.15, 0.2) is 0 Å². The number of methoxy groups -OCH3 is 1. The Balaban J connectivity index is 1.97. The Morgan fingerprint density at radius 2 is 1.88 bits per heavy atom. The van der Waals surface area contributed by atoms with Crippen LogP contribution in [0.5, 0.6) is 5.75 Å². The van der Waals surface area contributed by atoms with Crippen molar-refractivity contribution in [3.8, 4) is 5.75 Å². The number of hydrogen-bond donors (Lipinski definition) is 2. The highest BCUT2D eigenvalue weighted by Crippen LogP contribution is 2.33. The van der Waals surface area contributed by atoms with E-state index in [0.717, 1.165) is 29.4 Å². The topological polar surface area (TPSA) is 50.4 Å². The molecule has 0 spiro atoms. The number of alkyl halides is 3.